The summed E-state index contributed by atoms with van der Waals surface area (Å²) >= 11 is 0. The number of hydrogen-bond donors (Lipinski definition) is 0. The first-order valence-corrected chi connectivity index (χ1v) is 24.7. The molecule has 0 saturated carbocycles. The zero-order valence-corrected chi connectivity index (χ0v) is 39.5. The van der Waals surface area contributed by atoms with Crippen LogP contribution in [-0.2, 0) is 5.41 Å². The van der Waals surface area contributed by atoms with Crippen LogP contribution >= 0.6 is 0 Å². The summed E-state index contributed by atoms with van der Waals surface area (Å²) < 4.78 is 0. The van der Waals surface area contributed by atoms with Crippen LogP contribution in [0, 0.1) is 0 Å². The molecule has 0 bridgehead atoms. The maximum atomic E-state index is 2.54. The van der Waals surface area contributed by atoms with E-state index in [2.05, 4.69) is 296 Å². The Morgan fingerprint density at radius 2 is 0.732 bits per heavy atom. The molecule has 0 aliphatic heterocycles. The quantitative estimate of drug-likeness (QED) is 0.135. The van der Waals surface area contributed by atoms with Crippen LogP contribution in [0.5, 0.6) is 0 Å². The summed E-state index contributed by atoms with van der Waals surface area (Å²) in [7, 11) is 0. The van der Waals surface area contributed by atoms with E-state index in [1.807, 2.05) is 0 Å². The molecule has 0 N–H and O–H groups in total. The van der Waals surface area contributed by atoms with E-state index in [1.165, 1.54) is 77.9 Å². The number of para-hydroxylation sites is 4. The molecule has 2 aliphatic carbocycles. The molecule has 71 heavy (non-hydrogen) atoms. The van der Waals surface area contributed by atoms with Crippen LogP contribution in [0.4, 0.5) is 34.1 Å². The third-order valence-corrected chi connectivity index (χ3v) is 15.0. The van der Waals surface area contributed by atoms with Gasteiger partial charge in [-0.2, -0.15) is 0 Å². The predicted molar refractivity (Wildman–Crippen MR) is 297 cm³/mol. The standard InChI is InChI=1S/C69H50N2/c1-69(52-39-44-60-59-31-17-18-32-61(59)67(64(60)47-52)50-21-7-2-8-22-50)65-34-20-19-33-62(65)68-63(49-37-42-58(43-38-49)71(55-27-13-5-14-28-55)56-29-15-6-16-30-56)45-51(46-66(68)69)48-35-40-57(41-36-48)70(53-23-9-3-10-24-53)54-25-11-4-12-26-54/h2-47,67H,1H3. The lowest BCUT2D eigenvalue weighted by Crippen LogP contribution is -2.23. The normalized spacial score (nSPS) is 15.0. The van der Waals surface area contributed by atoms with Gasteiger partial charge in [0.15, 0.2) is 0 Å². The Balaban J connectivity index is 0.998. The summed E-state index contributed by atoms with van der Waals surface area (Å²) in [6.07, 6.45) is 0. The zero-order chi connectivity index (χ0) is 47.3. The molecular weight excluding hydrogens is 857 g/mol. The highest BCUT2D eigenvalue weighted by Crippen LogP contribution is 2.58. The number of nitrogens with zero attached hydrogens (tertiary/aromatic N) is 2. The number of fused-ring (bicyclic) bond motifs is 6. The molecule has 2 aliphatic rings. The monoisotopic (exact) mass is 906 g/mol. The third kappa shape index (κ3) is 7.18. The third-order valence-electron chi connectivity index (χ3n) is 15.0. The summed E-state index contributed by atoms with van der Waals surface area (Å²) in [6, 6.07) is 102. The van der Waals surface area contributed by atoms with E-state index in [-0.39, 0.29) is 5.92 Å². The molecule has 11 aromatic rings. The van der Waals surface area contributed by atoms with Gasteiger partial charge in [-0.05, 0) is 170 Å². The van der Waals surface area contributed by atoms with Crippen molar-refractivity contribution in [1.29, 1.82) is 0 Å². The first-order valence-electron chi connectivity index (χ1n) is 24.7. The highest BCUT2D eigenvalue weighted by molar-refractivity contribution is 5.97. The van der Waals surface area contributed by atoms with Crippen LogP contribution in [0.2, 0.25) is 0 Å². The molecule has 0 aromatic heterocycles. The molecule has 336 valence electrons. The summed E-state index contributed by atoms with van der Waals surface area (Å²) in [4.78, 5) is 4.66. The molecule has 11 aromatic carbocycles. The largest absolute Gasteiger partial charge is 0.311 e. The van der Waals surface area contributed by atoms with E-state index in [0.29, 0.717) is 0 Å². The minimum absolute atomic E-state index is 0.152. The number of anilines is 6. The van der Waals surface area contributed by atoms with Crippen molar-refractivity contribution in [3.63, 3.8) is 0 Å². The SMILES string of the molecule is CC1(c2ccc3c(c2)C(c2ccccc2)c2ccccc2-3)c2ccccc2-c2c(-c3ccc(N(c4ccccc4)c4ccccc4)cc3)cc(-c3ccc(N(c4ccccc4)c4ccccc4)cc3)cc21. The van der Waals surface area contributed by atoms with Gasteiger partial charge >= 0.3 is 0 Å². The van der Waals surface area contributed by atoms with Crippen molar-refractivity contribution in [3.05, 3.63) is 312 Å². The fourth-order valence-corrected chi connectivity index (χ4v) is 11.6. The molecule has 0 fully saturated rings. The Bertz CT molecular complexity index is 3600. The molecule has 2 unspecified atom stereocenters. The van der Waals surface area contributed by atoms with E-state index in [4.69, 9.17) is 0 Å². The fraction of sp³-hybridized carbons (Fsp3) is 0.0435. The van der Waals surface area contributed by atoms with Gasteiger partial charge in [0.1, 0.15) is 0 Å². The van der Waals surface area contributed by atoms with Crippen LogP contribution in [0.3, 0.4) is 0 Å². The van der Waals surface area contributed by atoms with Crippen molar-refractivity contribution < 1.29 is 0 Å². The lowest BCUT2D eigenvalue weighted by atomic mass is 9.72. The van der Waals surface area contributed by atoms with Crippen LogP contribution in [-0.4, -0.2) is 0 Å². The van der Waals surface area contributed by atoms with Crippen molar-refractivity contribution in [3.8, 4) is 44.5 Å². The van der Waals surface area contributed by atoms with E-state index in [1.54, 1.807) is 0 Å². The molecule has 0 amide bonds. The van der Waals surface area contributed by atoms with E-state index in [0.717, 1.165) is 34.1 Å². The topological polar surface area (TPSA) is 6.48 Å². The Morgan fingerprint density at radius 3 is 1.28 bits per heavy atom. The molecular formula is C69H50N2. The van der Waals surface area contributed by atoms with Crippen molar-refractivity contribution in [2.24, 2.45) is 0 Å². The van der Waals surface area contributed by atoms with Gasteiger partial charge in [-0.1, -0.05) is 194 Å². The Hall–Kier alpha value is -8.98. The molecule has 0 heterocycles. The van der Waals surface area contributed by atoms with Crippen molar-refractivity contribution in [1.82, 2.24) is 0 Å². The van der Waals surface area contributed by atoms with Crippen molar-refractivity contribution in [2.45, 2.75) is 18.3 Å². The van der Waals surface area contributed by atoms with Crippen LogP contribution in [0.15, 0.2) is 279 Å². The Kier molecular flexibility index (Phi) is 10.4. The lowest BCUT2D eigenvalue weighted by Gasteiger charge is -2.30. The summed E-state index contributed by atoms with van der Waals surface area (Å²) in [5.74, 6) is 0.152. The molecule has 2 heteroatoms. The fourth-order valence-electron chi connectivity index (χ4n) is 11.6. The molecule has 2 atom stereocenters. The second-order valence-corrected chi connectivity index (χ2v) is 19.0. The Morgan fingerprint density at radius 1 is 0.296 bits per heavy atom. The minimum Gasteiger partial charge on any atom is -0.311 e. The molecule has 13 rings (SSSR count). The van der Waals surface area contributed by atoms with Gasteiger partial charge in [-0.15, -0.1) is 0 Å². The summed E-state index contributed by atoms with van der Waals surface area (Å²) in [5, 5.41) is 0. The van der Waals surface area contributed by atoms with Gasteiger partial charge in [0, 0.05) is 45.5 Å². The highest BCUT2D eigenvalue weighted by Gasteiger charge is 2.43. The van der Waals surface area contributed by atoms with Crippen molar-refractivity contribution >= 4 is 34.1 Å². The van der Waals surface area contributed by atoms with E-state index >= 15 is 0 Å². The van der Waals surface area contributed by atoms with E-state index < -0.39 is 5.41 Å². The van der Waals surface area contributed by atoms with Crippen LogP contribution in [0.25, 0.3) is 44.5 Å². The van der Waals surface area contributed by atoms with Gasteiger partial charge in [-0.3, -0.25) is 0 Å². The molecule has 2 nitrogen and oxygen atoms in total. The van der Waals surface area contributed by atoms with E-state index in [9.17, 15) is 0 Å². The average Bonchev–Trinajstić information content (AvgIpc) is 3.92. The number of hydrogen-bond acceptors (Lipinski definition) is 2. The second kappa shape index (κ2) is 17.5. The van der Waals surface area contributed by atoms with Crippen molar-refractivity contribution in [2.75, 3.05) is 9.80 Å². The van der Waals surface area contributed by atoms with Gasteiger partial charge in [0.05, 0.1) is 0 Å². The Labute approximate surface area is 417 Å². The maximum absolute atomic E-state index is 2.54. The summed E-state index contributed by atoms with van der Waals surface area (Å²) in [5.41, 5.74) is 24.2. The van der Waals surface area contributed by atoms with Gasteiger partial charge in [-0.25, -0.2) is 0 Å². The maximum Gasteiger partial charge on any atom is 0.0462 e. The lowest BCUT2D eigenvalue weighted by molar-refractivity contribution is 0.712. The first kappa shape index (κ1) is 42.1. The first-order chi connectivity index (χ1) is 35.1. The van der Waals surface area contributed by atoms with Gasteiger partial charge in [0.25, 0.3) is 0 Å². The zero-order valence-electron chi connectivity index (χ0n) is 39.5. The number of benzene rings is 11. The minimum atomic E-state index is -0.462. The molecule has 0 radical (unpaired) electrons. The number of rotatable bonds is 10. The highest BCUT2D eigenvalue weighted by atomic mass is 15.1. The average molecular weight is 907 g/mol. The predicted octanol–water partition coefficient (Wildman–Crippen LogP) is 18.5. The second-order valence-electron chi connectivity index (χ2n) is 19.0. The van der Waals surface area contributed by atoms with Crippen LogP contribution in [0.1, 0.15) is 46.2 Å². The van der Waals surface area contributed by atoms with Gasteiger partial charge in [0.2, 0.25) is 0 Å². The summed E-state index contributed by atoms with van der Waals surface area (Å²) in [6.45, 7) is 2.47. The molecule has 0 spiro atoms. The smallest absolute Gasteiger partial charge is 0.0462 e. The van der Waals surface area contributed by atoms with Crippen LogP contribution < -0.4 is 9.80 Å². The molecule has 0 saturated heterocycles. The van der Waals surface area contributed by atoms with Gasteiger partial charge < -0.3 is 9.80 Å².